The Morgan fingerprint density at radius 3 is 2.50 bits per heavy atom. The first-order chi connectivity index (χ1) is 15.7. The molecule has 0 aliphatic carbocycles. The quantitative estimate of drug-likeness (QED) is 0.357. The summed E-state index contributed by atoms with van der Waals surface area (Å²) in [6.07, 6.45) is 2.25. The molecule has 0 aliphatic heterocycles. The largest absolute Gasteiger partial charge is 0.497 e. The van der Waals surface area contributed by atoms with Gasteiger partial charge in [0.1, 0.15) is 5.75 Å². The van der Waals surface area contributed by atoms with Crippen molar-refractivity contribution in [2.24, 2.45) is 0 Å². The predicted octanol–water partition coefficient (Wildman–Crippen LogP) is 5.92. The number of benzene rings is 3. The standard InChI is InChI=1S/C26H21N3O2S/c1-31-21-13-11-19(12-14-21)24-16-29-20(17-32-26(29)28-24)15-25(30)27-23-10-6-5-9-22(23)18-7-3-2-4-8-18/h2-14,16-17H,15H2,1H3,(H,27,30). The van der Waals surface area contributed by atoms with E-state index >= 15 is 0 Å². The maximum Gasteiger partial charge on any atom is 0.230 e. The highest BCUT2D eigenvalue weighted by molar-refractivity contribution is 7.15. The molecule has 5 nitrogen and oxygen atoms in total. The zero-order valence-corrected chi connectivity index (χ0v) is 18.3. The van der Waals surface area contributed by atoms with Crippen molar-refractivity contribution >= 4 is 27.9 Å². The topological polar surface area (TPSA) is 55.6 Å². The van der Waals surface area contributed by atoms with Crippen molar-refractivity contribution in [3.05, 3.63) is 96.1 Å². The molecule has 2 aromatic heterocycles. The Labute approximate surface area is 190 Å². The lowest BCUT2D eigenvalue weighted by Crippen LogP contribution is -2.15. The molecule has 5 aromatic rings. The van der Waals surface area contributed by atoms with Crippen LogP contribution in [0.25, 0.3) is 27.3 Å². The smallest absolute Gasteiger partial charge is 0.230 e. The Kier molecular flexibility index (Phi) is 5.44. The van der Waals surface area contributed by atoms with Crippen LogP contribution in [0.4, 0.5) is 5.69 Å². The number of nitrogens with one attached hydrogen (secondary N) is 1. The van der Waals surface area contributed by atoms with Gasteiger partial charge < -0.3 is 10.1 Å². The Morgan fingerprint density at radius 2 is 1.72 bits per heavy atom. The van der Waals surface area contributed by atoms with E-state index in [0.717, 1.165) is 44.5 Å². The number of rotatable bonds is 6. The molecule has 1 N–H and O–H groups in total. The van der Waals surface area contributed by atoms with Gasteiger partial charge in [0.05, 0.1) is 19.2 Å². The number of imidazole rings is 1. The Balaban J connectivity index is 1.36. The van der Waals surface area contributed by atoms with Gasteiger partial charge in [-0.1, -0.05) is 48.5 Å². The maximum absolute atomic E-state index is 12.9. The van der Waals surface area contributed by atoms with Crippen molar-refractivity contribution in [3.63, 3.8) is 0 Å². The van der Waals surface area contributed by atoms with E-state index in [1.165, 1.54) is 11.3 Å². The lowest BCUT2D eigenvalue weighted by Gasteiger charge is -2.11. The molecule has 158 valence electrons. The van der Waals surface area contributed by atoms with Crippen molar-refractivity contribution in [1.82, 2.24) is 9.38 Å². The molecular weight excluding hydrogens is 418 g/mol. The number of hydrogen-bond donors (Lipinski definition) is 1. The number of para-hydroxylation sites is 1. The molecule has 6 heteroatoms. The number of carbonyl (C=O) groups is 1. The van der Waals surface area contributed by atoms with Gasteiger partial charge in [-0.05, 0) is 35.9 Å². The summed E-state index contributed by atoms with van der Waals surface area (Å²) in [5, 5.41) is 5.07. The molecule has 0 radical (unpaired) electrons. The van der Waals surface area contributed by atoms with Crippen LogP contribution < -0.4 is 10.1 Å². The van der Waals surface area contributed by atoms with Crippen LogP contribution in [0.3, 0.4) is 0 Å². The number of carbonyl (C=O) groups excluding carboxylic acids is 1. The molecule has 2 heterocycles. The molecule has 0 saturated carbocycles. The molecule has 0 aliphatic rings. The number of thiazole rings is 1. The lowest BCUT2D eigenvalue weighted by atomic mass is 10.0. The second-order valence-electron chi connectivity index (χ2n) is 7.37. The molecule has 0 atom stereocenters. The number of methoxy groups -OCH3 is 1. The van der Waals surface area contributed by atoms with Gasteiger partial charge in [-0.3, -0.25) is 9.20 Å². The maximum atomic E-state index is 12.9. The van der Waals surface area contributed by atoms with Crippen LogP contribution in [0.5, 0.6) is 5.75 Å². The first-order valence-electron chi connectivity index (χ1n) is 10.3. The third-order valence-corrected chi connectivity index (χ3v) is 6.19. The van der Waals surface area contributed by atoms with Gasteiger partial charge in [-0.2, -0.15) is 0 Å². The van der Waals surface area contributed by atoms with E-state index in [9.17, 15) is 4.79 Å². The van der Waals surface area contributed by atoms with E-state index in [-0.39, 0.29) is 12.3 Å². The van der Waals surface area contributed by atoms with Gasteiger partial charge in [-0.15, -0.1) is 11.3 Å². The summed E-state index contributed by atoms with van der Waals surface area (Å²) in [5.41, 5.74) is 5.66. The molecule has 0 unspecified atom stereocenters. The highest BCUT2D eigenvalue weighted by atomic mass is 32.1. The van der Waals surface area contributed by atoms with E-state index in [2.05, 4.69) is 5.32 Å². The average Bonchev–Trinajstić information content (AvgIpc) is 3.42. The van der Waals surface area contributed by atoms with Crippen LogP contribution in [-0.2, 0) is 11.2 Å². The zero-order valence-electron chi connectivity index (χ0n) is 17.5. The fraction of sp³-hybridized carbons (Fsp3) is 0.0769. The molecule has 0 bridgehead atoms. The third kappa shape index (κ3) is 4.00. The fourth-order valence-electron chi connectivity index (χ4n) is 3.68. The van der Waals surface area contributed by atoms with E-state index in [1.54, 1.807) is 7.11 Å². The minimum absolute atomic E-state index is 0.0622. The summed E-state index contributed by atoms with van der Waals surface area (Å²) in [7, 11) is 1.65. The first-order valence-corrected chi connectivity index (χ1v) is 11.1. The summed E-state index contributed by atoms with van der Waals surface area (Å²) in [6.45, 7) is 0. The third-order valence-electron chi connectivity index (χ3n) is 5.30. The fourth-order valence-corrected chi connectivity index (χ4v) is 4.55. The van der Waals surface area contributed by atoms with Crippen LogP contribution in [0, 0.1) is 0 Å². The minimum atomic E-state index is -0.0622. The highest BCUT2D eigenvalue weighted by Gasteiger charge is 2.14. The predicted molar refractivity (Wildman–Crippen MR) is 129 cm³/mol. The van der Waals surface area contributed by atoms with Crippen molar-refractivity contribution in [2.75, 3.05) is 12.4 Å². The normalized spacial score (nSPS) is 10.9. The molecule has 1 amide bonds. The summed E-state index contributed by atoms with van der Waals surface area (Å²) in [4.78, 5) is 18.5. The summed E-state index contributed by atoms with van der Waals surface area (Å²) in [5.74, 6) is 0.746. The average molecular weight is 440 g/mol. The molecule has 0 spiro atoms. The van der Waals surface area contributed by atoms with Crippen LogP contribution in [0.15, 0.2) is 90.4 Å². The number of anilines is 1. The summed E-state index contributed by atoms with van der Waals surface area (Å²) >= 11 is 1.53. The van der Waals surface area contributed by atoms with Gasteiger partial charge in [-0.25, -0.2) is 4.98 Å². The van der Waals surface area contributed by atoms with Gasteiger partial charge in [0.15, 0.2) is 4.96 Å². The summed E-state index contributed by atoms with van der Waals surface area (Å²) in [6, 6.07) is 25.7. The van der Waals surface area contributed by atoms with E-state index < -0.39 is 0 Å². The van der Waals surface area contributed by atoms with E-state index in [1.807, 2.05) is 94.8 Å². The number of aromatic nitrogens is 2. The molecule has 3 aromatic carbocycles. The first kappa shape index (κ1) is 20.0. The van der Waals surface area contributed by atoms with Crippen molar-refractivity contribution in [3.8, 4) is 28.1 Å². The lowest BCUT2D eigenvalue weighted by molar-refractivity contribution is -0.115. The molecule has 0 saturated heterocycles. The monoisotopic (exact) mass is 439 g/mol. The van der Waals surface area contributed by atoms with E-state index in [0.29, 0.717) is 0 Å². The van der Waals surface area contributed by atoms with Crippen LogP contribution in [-0.4, -0.2) is 22.4 Å². The number of hydrogen-bond acceptors (Lipinski definition) is 4. The van der Waals surface area contributed by atoms with Crippen LogP contribution in [0.2, 0.25) is 0 Å². The van der Waals surface area contributed by atoms with Crippen molar-refractivity contribution < 1.29 is 9.53 Å². The van der Waals surface area contributed by atoms with Gasteiger partial charge in [0.2, 0.25) is 5.91 Å². The summed E-state index contributed by atoms with van der Waals surface area (Å²) < 4.78 is 7.22. The SMILES string of the molecule is COc1ccc(-c2cn3c(CC(=O)Nc4ccccc4-c4ccccc4)csc3n2)cc1. The number of amides is 1. The Bertz CT molecular complexity index is 1370. The molecule has 5 rings (SSSR count). The number of ether oxygens (including phenoxy) is 1. The molecule has 32 heavy (non-hydrogen) atoms. The van der Waals surface area contributed by atoms with Crippen molar-refractivity contribution in [1.29, 1.82) is 0 Å². The molecule has 0 fully saturated rings. The van der Waals surface area contributed by atoms with Crippen molar-refractivity contribution in [2.45, 2.75) is 6.42 Å². The zero-order chi connectivity index (χ0) is 21.9. The minimum Gasteiger partial charge on any atom is -0.497 e. The Morgan fingerprint density at radius 1 is 0.969 bits per heavy atom. The number of nitrogens with zero attached hydrogens (tertiary/aromatic N) is 2. The van der Waals surface area contributed by atoms with Gasteiger partial charge >= 0.3 is 0 Å². The highest BCUT2D eigenvalue weighted by Crippen LogP contribution is 2.28. The second-order valence-corrected chi connectivity index (χ2v) is 8.21. The van der Waals surface area contributed by atoms with Gasteiger partial charge in [0.25, 0.3) is 0 Å². The molecular formula is C26H21N3O2S. The van der Waals surface area contributed by atoms with Crippen LogP contribution >= 0.6 is 11.3 Å². The number of fused-ring (bicyclic) bond motifs is 1. The van der Waals surface area contributed by atoms with E-state index in [4.69, 9.17) is 9.72 Å². The Hall–Kier alpha value is -3.90. The van der Waals surface area contributed by atoms with Gasteiger partial charge in [0, 0.05) is 34.1 Å². The second kappa shape index (κ2) is 8.69. The van der Waals surface area contributed by atoms with Crippen LogP contribution in [0.1, 0.15) is 5.69 Å².